The Balaban J connectivity index is 1.66. The van der Waals surface area contributed by atoms with Crippen LogP contribution in [0.3, 0.4) is 0 Å². The molecule has 1 saturated heterocycles. The maximum Gasteiger partial charge on any atom is 0.221 e. The van der Waals surface area contributed by atoms with E-state index in [0.717, 1.165) is 53.8 Å². The van der Waals surface area contributed by atoms with Gasteiger partial charge in [0, 0.05) is 29.1 Å². The second kappa shape index (κ2) is 6.77. The first-order chi connectivity index (χ1) is 10.6. The number of carbonyl (C=O) groups is 1. The number of aromatic nitrogens is 1. The molecule has 0 unspecified atom stereocenters. The summed E-state index contributed by atoms with van der Waals surface area (Å²) in [6.07, 6.45) is 1.92. The van der Waals surface area contributed by atoms with Crippen molar-refractivity contribution in [3.8, 4) is 10.6 Å². The van der Waals surface area contributed by atoms with Gasteiger partial charge in [0.2, 0.25) is 5.91 Å². The molecule has 2 heterocycles. The van der Waals surface area contributed by atoms with E-state index in [4.69, 9.17) is 22.3 Å². The van der Waals surface area contributed by atoms with E-state index in [9.17, 15) is 4.79 Å². The normalized spacial score (nSPS) is 19.2. The van der Waals surface area contributed by atoms with Crippen LogP contribution in [0.25, 0.3) is 10.6 Å². The highest BCUT2D eigenvalue weighted by Gasteiger charge is 2.24. The van der Waals surface area contributed by atoms with Crippen LogP contribution in [0.5, 0.6) is 0 Å². The highest BCUT2D eigenvalue weighted by Crippen LogP contribution is 2.26. The highest BCUT2D eigenvalue weighted by atomic mass is 35.5. The van der Waals surface area contributed by atoms with Crippen molar-refractivity contribution in [1.82, 2.24) is 9.88 Å². The Labute approximate surface area is 138 Å². The van der Waals surface area contributed by atoms with Crippen molar-refractivity contribution < 1.29 is 4.79 Å². The number of hydrogen-bond donors (Lipinski definition) is 1. The monoisotopic (exact) mass is 335 g/mol. The zero-order chi connectivity index (χ0) is 15.5. The maximum absolute atomic E-state index is 11.3. The molecule has 1 amide bonds. The number of amides is 1. The molecule has 2 N–H and O–H groups in total. The van der Waals surface area contributed by atoms with E-state index in [0.29, 0.717) is 0 Å². The van der Waals surface area contributed by atoms with Gasteiger partial charge in [-0.25, -0.2) is 4.98 Å². The summed E-state index contributed by atoms with van der Waals surface area (Å²) < 4.78 is 0. The number of benzene rings is 1. The van der Waals surface area contributed by atoms with Gasteiger partial charge in [-0.2, -0.15) is 0 Å². The van der Waals surface area contributed by atoms with Gasteiger partial charge in [-0.15, -0.1) is 11.3 Å². The summed E-state index contributed by atoms with van der Waals surface area (Å²) in [5.41, 5.74) is 7.54. The van der Waals surface area contributed by atoms with Crippen molar-refractivity contribution in [3.05, 3.63) is 40.4 Å². The van der Waals surface area contributed by atoms with E-state index < -0.39 is 0 Å². The summed E-state index contributed by atoms with van der Waals surface area (Å²) in [5, 5.41) is 3.80. The second-order valence-corrected chi connectivity index (χ2v) is 6.92. The molecule has 1 aromatic heterocycles. The van der Waals surface area contributed by atoms with Crippen LogP contribution in [0.15, 0.2) is 29.6 Å². The van der Waals surface area contributed by atoms with E-state index >= 15 is 0 Å². The van der Waals surface area contributed by atoms with Crippen molar-refractivity contribution in [1.29, 1.82) is 0 Å². The van der Waals surface area contributed by atoms with Gasteiger partial charge < -0.3 is 5.73 Å². The van der Waals surface area contributed by atoms with Crippen LogP contribution in [0.1, 0.15) is 18.5 Å². The lowest BCUT2D eigenvalue weighted by Crippen LogP contribution is -2.40. The van der Waals surface area contributed by atoms with Gasteiger partial charge in [0.25, 0.3) is 0 Å². The third-order valence-electron chi connectivity index (χ3n) is 3.94. The first-order valence-corrected chi connectivity index (χ1v) is 8.59. The fourth-order valence-corrected chi connectivity index (χ4v) is 3.71. The molecule has 2 aromatic rings. The van der Waals surface area contributed by atoms with Gasteiger partial charge in [0.1, 0.15) is 5.01 Å². The molecule has 1 fully saturated rings. The second-order valence-electron chi connectivity index (χ2n) is 5.63. The van der Waals surface area contributed by atoms with E-state index in [2.05, 4.69) is 10.3 Å². The minimum atomic E-state index is -0.190. The van der Waals surface area contributed by atoms with Gasteiger partial charge >= 0.3 is 0 Å². The zero-order valence-corrected chi connectivity index (χ0v) is 13.7. The smallest absolute Gasteiger partial charge is 0.221 e. The number of carbonyl (C=O) groups excluding carboxylic acids is 1. The molecule has 116 valence electrons. The van der Waals surface area contributed by atoms with Crippen LogP contribution in [0.2, 0.25) is 5.02 Å². The number of nitrogens with zero attached hydrogens (tertiary/aromatic N) is 2. The van der Waals surface area contributed by atoms with E-state index in [-0.39, 0.29) is 11.8 Å². The molecule has 0 spiro atoms. The van der Waals surface area contributed by atoms with Gasteiger partial charge in [-0.3, -0.25) is 9.69 Å². The van der Waals surface area contributed by atoms with E-state index in [1.54, 1.807) is 11.3 Å². The lowest BCUT2D eigenvalue weighted by atomic mass is 9.97. The number of thiazole rings is 1. The summed E-state index contributed by atoms with van der Waals surface area (Å²) in [6.45, 7) is 2.51. The minimum Gasteiger partial charge on any atom is -0.369 e. The topological polar surface area (TPSA) is 59.2 Å². The molecular weight excluding hydrogens is 318 g/mol. The number of hydrogen-bond acceptors (Lipinski definition) is 4. The predicted octanol–water partition coefficient (Wildman–Crippen LogP) is 3.16. The summed E-state index contributed by atoms with van der Waals surface area (Å²) in [7, 11) is 0. The Kier molecular flexibility index (Phi) is 4.76. The predicted molar refractivity (Wildman–Crippen MR) is 89.8 cm³/mol. The Morgan fingerprint density at radius 1 is 1.41 bits per heavy atom. The molecule has 1 atom stereocenters. The number of piperidine rings is 1. The van der Waals surface area contributed by atoms with Crippen LogP contribution in [0.4, 0.5) is 0 Å². The summed E-state index contributed by atoms with van der Waals surface area (Å²) >= 11 is 7.54. The fourth-order valence-electron chi connectivity index (χ4n) is 2.77. The minimum absolute atomic E-state index is 0.0249. The number of primary amides is 1. The molecule has 0 bridgehead atoms. The van der Waals surface area contributed by atoms with E-state index in [1.807, 2.05) is 24.3 Å². The molecule has 1 aromatic carbocycles. The molecular formula is C16H18ClN3OS. The Morgan fingerprint density at radius 2 is 2.18 bits per heavy atom. The molecule has 1 aliphatic rings. The van der Waals surface area contributed by atoms with Crippen molar-refractivity contribution in [2.24, 2.45) is 11.7 Å². The fraction of sp³-hybridized carbons (Fsp3) is 0.375. The number of likely N-dealkylation sites (tertiary alicyclic amines) is 1. The summed E-state index contributed by atoms with van der Waals surface area (Å²) in [4.78, 5) is 18.3. The van der Waals surface area contributed by atoms with Crippen molar-refractivity contribution >= 4 is 28.8 Å². The molecule has 3 rings (SSSR count). The third-order valence-corrected chi connectivity index (χ3v) is 5.13. The first kappa shape index (κ1) is 15.5. The van der Waals surface area contributed by atoms with Gasteiger partial charge in [0.15, 0.2) is 0 Å². The quantitative estimate of drug-likeness (QED) is 0.933. The van der Waals surface area contributed by atoms with Crippen LogP contribution in [-0.2, 0) is 11.3 Å². The van der Waals surface area contributed by atoms with Crippen LogP contribution in [0, 0.1) is 5.92 Å². The maximum atomic E-state index is 11.3. The lowest BCUT2D eigenvalue weighted by molar-refractivity contribution is -0.123. The molecule has 22 heavy (non-hydrogen) atoms. The van der Waals surface area contributed by atoms with Crippen LogP contribution < -0.4 is 5.73 Å². The van der Waals surface area contributed by atoms with Crippen molar-refractivity contribution in [3.63, 3.8) is 0 Å². The first-order valence-electron chi connectivity index (χ1n) is 7.34. The third kappa shape index (κ3) is 3.66. The molecule has 0 radical (unpaired) electrons. The average molecular weight is 336 g/mol. The van der Waals surface area contributed by atoms with Gasteiger partial charge in [-0.1, -0.05) is 23.7 Å². The lowest BCUT2D eigenvalue weighted by Gasteiger charge is -2.30. The molecule has 0 saturated carbocycles. The standard InChI is InChI=1S/C16H18ClN3OS/c17-13-5-3-11(4-6-13)16-19-14(10-22-16)9-20-7-1-2-12(8-20)15(18)21/h3-6,10,12H,1-2,7-9H2,(H2,18,21)/t12-/m0/s1. The molecule has 0 aliphatic carbocycles. The summed E-state index contributed by atoms with van der Waals surface area (Å²) in [5.74, 6) is -0.215. The summed E-state index contributed by atoms with van der Waals surface area (Å²) in [6, 6.07) is 7.71. The Bertz CT molecular complexity index is 656. The Hall–Kier alpha value is -1.43. The van der Waals surface area contributed by atoms with Crippen LogP contribution >= 0.6 is 22.9 Å². The average Bonchev–Trinajstić information content (AvgIpc) is 2.96. The van der Waals surface area contributed by atoms with Crippen LogP contribution in [-0.4, -0.2) is 28.9 Å². The van der Waals surface area contributed by atoms with Gasteiger partial charge in [0.05, 0.1) is 11.6 Å². The van der Waals surface area contributed by atoms with Crippen molar-refractivity contribution in [2.45, 2.75) is 19.4 Å². The molecule has 4 nitrogen and oxygen atoms in total. The van der Waals surface area contributed by atoms with Gasteiger partial charge in [-0.05, 0) is 31.5 Å². The Morgan fingerprint density at radius 3 is 2.91 bits per heavy atom. The zero-order valence-electron chi connectivity index (χ0n) is 12.2. The number of rotatable bonds is 4. The SMILES string of the molecule is NC(=O)[C@H]1CCCN(Cc2csc(-c3ccc(Cl)cc3)n2)C1. The van der Waals surface area contributed by atoms with Crippen molar-refractivity contribution in [2.75, 3.05) is 13.1 Å². The number of halogens is 1. The largest absolute Gasteiger partial charge is 0.369 e. The molecule has 6 heteroatoms. The highest BCUT2D eigenvalue weighted by molar-refractivity contribution is 7.13. The number of nitrogens with two attached hydrogens (primary N) is 1. The van der Waals surface area contributed by atoms with E-state index in [1.165, 1.54) is 0 Å². The molecule has 1 aliphatic heterocycles.